The van der Waals surface area contributed by atoms with Gasteiger partial charge in [-0.15, -0.1) is 0 Å². The minimum atomic E-state index is -0.855. The number of benzene rings is 1. The van der Waals surface area contributed by atoms with Crippen LogP contribution >= 0.6 is 0 Å². The maximum absolute atomic E-state index is 13.1. The predicted molar refractivity (Wildman–Crippen MR) is 141 cm³/mol. The Balaban J connectivity index is 1.66. The molecule has 0 saturated heterocycles. The molecule has 0 aliphatic carbocycles. The van der Waals surface area contributed by atoms with Gasteiger partial charge in [0, 0.05) is 35.9 Å². The highest BCUT2D eigenvalue weighted by Gasteiger charge is 2.26. The molecule has 0 aliphatic rings. The Kier molecular flexibility index (Phi) is 9.71. The molecule has 2 unspecified atom stereocenters. The number of ether oxygens (including phenoxy) is 1. The highest BCUT2D eigenvalue weighted by molar-refractivity contribution is 5.99. The third-order valence-corrected chi connectivity index (χ3v) is 6.36. The van der Waals surface area contributed by atoms with Crippen molar-refractivity contribution in [2.45, 2.75) is 65.2 Å². The van der Waals surface area contributed by atoms with Gasteiger partial charge in [-0.1, -0.05) is 39.3 Å². The summed E-state index contributed by atoms with van der Waals surface area (Å²) in [5.74, 6) is -0.732. The number of ketones is 1. The lowest BCUT2D eigenvalue weighted by molar-refractivity contribution is 0.0918. The summed E-state index contributed by atoms with van der Waals surface area (Å²) in [6.07, 6.45) is 7.39. The van der Waals surface area contributed by atoms with Gasteiger partial charge in [-0.2, -0.15) is 0 Å². The Morgan fingerprint density at radius 3 is 2.65 bits per heavy atom. The van der Waals surface area contributed by atoms with Crippen LogP contribution < -0.4 is 10.9 Å². The average Bonchev–Trinajstić information content (AvgIpc) is 3.27. The number of fused-ring (bicyclic) bond motifs is 1. The molecule has 1 aromatic carbocycles. The van der Waals surface area contributed by atoms with Gasteiger partial charge in [0.1, 0.15) is 28.4 Å². The zero-order valence-corrected chi connectivity index (χ0v) is 21.8. The van der Waals surface area contributed by atoms with Crippen molar-refractivity contribution in [1.82, 2.24) is 5.32 Å². The number of rotatable bonds is 12. The van der Waals surface area contributed by atoms with Crippen LogP contribution in [0.25, 0.3) is 11.0 Å². The van der Waals surface area contributed by atoms with Crippen LogP contribution in [-0.2, 0) is 17.6 Å². The monoisotopic (exact) mass is 509 g/mol. The molecule has 8 heteroatoms. The number of hydrogen-bond donors (Lipinski definition) is 2. The first-order chi connectivity index (χ1) is 17.7. The van der Waals surface area contributed by atoms with Crippen molar-refractivity contribution in [2.75, 3.05) is 7.11 Å². The van der Waals surface area contributed by atoms with E-state index in [1.54, 1.807) is 13.0 Å². The number of allylic oxidation sites excluding steroid dienone is 1. The number of furan rings is 1. The second-order valence-electron chi connectivity index (χ2n) is 9.37. The lowest BCUT2D eigenvalue weighted by atomic mass is 9.94. The van der Waals surface area contributed by atoms with Crippen LogP contribution in [0.1, 0.15) is 79.8 Å². The number of nitrogens with one attached hydrogen (secondary N) is 1. The Hall–Kier alpha value is -3.81. The van der Waals surface area contributed by atoms with Crippen molar-refractivity contribution in [2.24, 2.45) is 5.92 Å². The Labute approximate surface area is 216 Å². The standard InChI is InChI=1S/C29H35NO7/c1-5-6-10-20-11-12-24-21(15-20)16-22(36-24)14-19(3)27(32)26-23(31)17-25(37-28(26)33)18(2)9-7-8-13-30-29(34)35-4/h8,11-13,15-19,31H,5-7,9-10,14H2,1-4H3,(H,30,34)/b13-8+. The van der Waals surface area contributed by atoms with Gasteiger partial charge in [0.25, 0.3) is 0 Å². The zero-order chi connectivity index (χ0) is 26.9. The molecule has 3 aromatic rings. The molecule has 0 saturated carbocycles. The fraction of sp³-hybridized carbons (Fsp3) is 0.414. The number of alkyl carbamates (subject to hydrolysis) is 1. The summed E-state index contributed by atoms with van der Waals surface area (Å²) in [6, 6.07) is 9.37. The van der Waals surface area contributed by atoms with Gasteiger partial charge in [-0.3, -0.25) is 10.1 Å². The smallest absolute Gasteiger partial charge is 0.410 e. The fourth-order valence-electron chi connectivity index (χ4n) is 4.15. The molecule has 2 atom stereocenters. The van der Waals surface area contributed by atoms with Crippen LogP contribution in [-0.4, -0.2) is 24.1 Å². The Bertz CT molecular complexity index is 1320. The third-order valence-electron chi connectivity index (χ3n) is 6.36. The average molecular weight is 510 g/mol. The SMILES string of the molecule is CCCCc1ccc2oc(CC(C)C(=O)c3c(O)cc(C(C)CC/C=C/NC(=O)OC)oc3=O)cc2c1. The highest BCUT2D eigenvalue weighted by atomic mass is 16.5. The predicted octanol–water partition coefficient (Wildman–Crippen LogP) is 6.25. The number of aromatic hydroxyl groups is 1. The number of aryl methyl sites for hydroxylation is 1. The Morgan fingerprint density at radius 1 is 1.16 bits per heavy atom. The molecule has 0 aliphatic heterocycles. The molecule has 3 rings (SSSR count). The van der Waals surface area contributed by atoms with Crippen molar-refractivity contribution in [3.05, 3.63) is 75.7 Å². The van der Waals surface area contributed by atoms with E-state index in [9.17, 15) is 19.5 Å². The van der Waals surface area contributed by atoms with Crippen LogP contribution in [0, 0.1) is 5.92 Å². The molecule has 0 bridgehead atoms. The summed E-state index contributed by atoms with van der Waals surface area (Å²) in [5.41, 5.74) is 0.804. The largest absolute Gasteiger partial charge is 0.507 e. The molecule has 2 N–H and O–H groups in total. The molecule has 37 heavy (non-hydrogen) atoms. The summed E-state index contributed by atoms with van der Waals surface area (Å²) in [5, 5.41) is 14.0. The molecule has 198 valence electrons. The maximum atomic E-state index is 13.1. The van der Waals surface area contributed by atoms with E-state index in [4.69, 9.17) is 8.83 Å². The van der Waals surface area contributed by atoms with Crippen molar-refractivity contribution in [3.63, 3.8) is 0 Å². The molecule has 2 heterocycles. The topological polar surface area (TPSA) is 119 Å². The number of Topliss-reactive ketones (excluding diaryl/α,β-unsaturated/α-hetero) is 1. The quantitative estimate of drug-likeness (QED) is 0.277. The first kappa shape index (κ1) is 27.8. The van der Waals surface area contributed by atoms with Crippen molar-refractivity contribution in [1.29, 1.82) is 0 Å². The fourth-order valence-corrected chi connectivity index (χ4v) is 4.15. The molecule has 0 spiro atoms. The van der Waals surface area contributed by atoms with Crippen LogP contribution in [0.15, 0.2) is 56.2 Å². The van der Waals surface area contributed by atoms with Gasteiger partial charge in [0.2, 0.25) is 0 Å². The first-order valence-corrected chi connectivity index (χ1v) is 12.7. The molecule has 0 radical (unpaired) electrons. The minimum Gasteiger partial charge on any atom is -0.507 e. The van der Waals surface area contributed by atoms with Crippen LogP contribution in [0.3, 0.4) is 0 Å². The van der Waals surface area contributed by atoms with Crippen LogP contribution in [0.4, 0.5) is 4.79 Å². The highest BCUT2D eigenvalue weighted by Crippen LogP contribution is 2.28. The summed E-state index contributed by atoms with van der Waals surface area (Å²) >= 11 is 0. The number of carbonyl (C=O) groups excluding carboxylic acids is 2. The second kappa shape index (κ2) is 12.9. The number of methoxy groups -OCH3 is 1. The lowest BCUT2D eigenvalue weighted by Crippen LogP contribution is -2.22. The van der Waals surface area contributed by atoms with Crippen molar-refractivity contribution >= 4 is 22.8 Å². The van der Waals surface area contributed by atoms with E-state index in [1.807, 2.05) is 19.1 Å². The summed E-state index contributed by atoms with van der Waals surface area (Å²) in [6.45, 7) is 5.71. The number of hydrogen-bond acceptors (Lipinski definition) is 7. The molecular weight excluding hydrogens is 474 g/mol. The maximum Gasteiger partial charge on any atom is 0.410 e. The van der Waals surface area contributed by atoms with Crippen molar-refractivity contribution < 1.29 is 28.3 Å². The van der Waals surface area contributed by atoms with Crippen molar-refractivity contribution in [3.8, 4) is 5.75 Å². The molecule has 8 nitrogen and oxygen atoms in total. The van der Waals surface area contributed by atoms with Gasteiger partial charge in [-0.25, -0.2) is 9.59 Å². The van der Waals surface area contributed by atoms with E-state index in [-0.39, 0.29) is 23.0 Å². The minimum absolute atomic E-state index is 0.194. The molecule has 0 fully saturated rings. The summed E-state index contributed by atoms with van der Waals surface area (Å²) in [7, 11) is 1.28. The van der Waals surface area contributed by atoms with E-state index < -0.39 is 23.4 Å². The van der Waals surface area contributed by atoms with Crippen LogP contribution in [0.5, 0.6) is 5.75 Å². The molecule has 2 aromatic heterocycles. The van der Waals surface area contributed by atoms with Crippen LogP contribution in [0.2, 0.25) is 0 Å². The zero-order valence-electron chi connectivity index (χ0n) is 21.8. The number of carbonyl (C=O) groups is 2. The van der Waals surface area contributed by atoms with Gasteiger partial charge in [0.15, 0.2) is 5.78 Å². The lowest BCUT2D eigenvalue weighted by Gasteiger charge is -2.13. The Morgan fingerprint density at radius 2 is 1.95 bits per heavy atom. The van der Waals surface area contributed by atoms with Gasteiger partial charge in [0.05, 0.1) is 7.11 Å². The normalized spacial score (nSPS) is 13.1. The summed E-state index contributed by atoms with van der Waals surface area (Å²) in [4.78, 5) is 36.8. The van der Waals surface area contributed by atoms with E-state index in [0.717, 1.165) is 30.2 Å². The third kappa shape index (κ3) is 7.35. The number of amides is 1. The van der Waals surface area contributed by atoms with Gasteiger partial charge < -0.3 is 18.7 Å². The second-order valence-corrected chi connectivity index (χ2v) is 9.37. The van der Waals surface area contributed by atoms with Gasteiger partial charge in [-0.05, 0) is 49.4 Å². The van der Waals surface area contributed by atoms with E-state index in [1.165, 1.54) is 24.9 Å². The van der Waals surface area contributed by atoms with E-state index in [0.29, 0.717) is 25.0 Å². The van der Waals surface area contributed by atoms with E-state index >= 15 is 0 Å². The first-order valence-electron chi connectivity index (χ1n) is 12.7. The van der Waals surface area contributed by atoms with E-state index in [2.05, 4.69) is 29.1 Å². The molecular formula is C29H35NO7. The number of unbranched alkanes of at least 4 members (excludes halogenated alkanes) is 1. The van der Waals surface area contributed by atoms with Gasteiger partial charge >= 0.3 is 11.7 Å². The summed E-state index contributed by atoms with van der Waals surface area (Å²) < 4.78 is 15.8. The molecule has 1 amide bonds.